The van der Waals surface area contributed by atoms with Crippen LogP contribution in [0.25, 0.3) is 0 Å². The van der Waals surface area contributed by atoms with Gasteiger partial charge in [-0.05, 0) is 37.1 Å². The zero-order valence-corrected chi connectivity index (χ0v) is 11.7. The molecule has 6 heteroatoms. The number of hydrogen-bond acceptors (Lipinski definition) is 3. The normalized spacial score (nSPS) is 10.5. The van der Waals surface area contributed by atoms with Crippen molar-refractivity contribution in [2.75, 3.05) is 11.1 Å². The molecule has 2 rings (SSSR count). The molecule has 1 aromatic heterocycles. The maximum atomic E-state index is 13.9. The predicted molar refractivity (Wildman–Crippen MR) is 77.1 cm³/mol. The van der Waals surface area contributed by atoms with Gasteiger partial charge in [-0.1, -0.05) is 13.0 Å². The van der Waals surface area contributed by atoms with E-state index in [2.05, 4.69) is 10.3 Å². The molecule has 1 heterocycles. The van der Waals surface area contributed by atoms with Gasteiger partial charge in [-0.3, -0.25) is 4.79 Å². The van der Waals surface area contributed by atoms with Crippen LogP contribution in [0, 0.1) is 18.6 Å². The largest absolute Gasteiger partial charge is 0.384 e. The fourth-order valence-electron chi connectivity index (χ4n) is 1.88. The number of nitrogens with one attached hydrogen (secondary N) is 1. The summed E-state index contributed by atoms with van der Waals surface area (Å²) in [5.74, 6) is -2.07. The van der Waals surface area contributed by atoms with Gasteiger partial charge in [0.15, 0.2) is 5.82 Å². The summed E-state index contributed by atoms with van der Waals surface area (Å²) in [6.07, 6.45) is 0.596. The van der Waals surface area contributed by atoms with Gasteiger partial charge in [0.2, 0.25) is 0 Å². The standard InChI is InChI=1S/C15H15F2N3O/c1-3-10-6-9(7-12(18)19-10)15(21)20-14-11(16)5-4-8(2)13(14)17/h4-7H,3H2,1-2H3,(H2,18,19)(H,20,21). The fourth-order valence-corrected chi connectivity index (χ4v) is 1.88. The summed E-state index contributed by atoms with van der Waals surface area (Å²) in [5, 5.41) is 2.24. The molecule has 3 N–H and O–H groups in total. The number of nitrogens with zero attached hydrogens (tertiary/aromatic N) is 1. The SMILES string of the molecule is CCc1cc(C(=O)Nc2c(F)ccc(C)c2F)cc(N)n1. The van der Waals surface area contributed by atoms with E-state index in [4.69, 9.17) is 5.73 Å². The van der Waals surface area contributed by atoms with E-state index in [1.54, 1.807) is 0 Å². The number of hydrogen-bond donors (Lipinski definition) is 2. The molecule has 21 heavy (non-hydrogen) atoms. The Hall–Kier alpha value is -2.50. The molecule has 1 amide bonds. The second-order valence-electron chi connectivity index (χ2n) is 4.63. The third-order valence-corrected chi connectivity index (χ3v) is 3.05. The minimum absolute atomic E-state index is 0.185. The summed E-state index contributed by atoms with van der Waals surface area (Å²) in [7, 11) is 0. The van der Waals surface area contributed by atoms with Gasteiger partial charge in [-0.15, -0.1) is 0 Å². The van der Waals surface area contributed by atoms with Gasteiger partial charge in [-0.25, -0.2) is 13.8 Å². The van der Waals surface area contributed by atoms with Crippen molar-refractivity contribution >= 4 is 17.4 Å². The van der Waals surface area contributed by atoms with Crippen LogP contribution in [0.3, 0.4) is 0 Å². The van der Waals surface area contributed by atoms with Crippen molar-refractivity contribution < 1.29 is 13.6 Å². The van der Waals surface area contributed by atoms with E-state index in [-0.39, 0.29) is 16.9 Å². The molecule has 0 bridgehead atoms. The number of amides is 1. The molecule has 0 atom stereocenters. The van der Waals surface area contributed by atoms with Crippen LogP contribution in [0.15, 0.2) is 24.3 Å². The molecule has 0 saturated carbocycles. The van der Waals surface area contributed by atoms with Gasteiger partial charge in [0.25, 0.3) is 5.91 Å². The van der Waals surface area contributed by atoms with E-state index in [1.165, 1.54) is 25.1 Å². The number of pyridine rings is 1. The molecular weight excluding hydrogens is 276 g/mol. The average molecular weight is 291 g/mol. The van der Waals surface area contributed by atoms with E-state index >= 15 is 0 Å². The summed E-state index contributed by atoms with van der Waals surface area (Å²) in [6, 6.07) is 5.31. The first-order valence-electron chi connectivity index (χ1n) is 6.44. The number of anilines is 2. The van der Waals surface area contributed by atoms with Crippen molar-refractivity contribution in [2.24, 2.45) is 0 Å². The Morgan fingerprint density at radius 3 is 2.71 bits per heavy atom. The number of aromatic nitrogens is 1. The molecule has 4 nitrogen and oxygen atoms in total. The predicted octanol–water partition coefficient (Wildman–Crippen LogP) is 3.07. The zero-order valence-electron chi connectivity index (χ0n) is 11.7. The van der Waals surface area contributed by atoms with Crippen molar-refractivity contribution in [3.8, 4) is 0 Å². The first kappa shape index (κ1) is 14.9. The maximum Gasteiger partial charge on any atom is 0.256 e. The first-order valence-corrected chi connectivity index (χ1v) is 6.44. The lowest BCUT2D eigenvalue weighted by Gasteiger charge is -2.10. The van der Waals surface area contributed by atoms with Crippen LogP contribution in [0.4, 0.5) is 20.3 Å². The van der Waals surface area contributed by atoms with Crippen LogP contribution in [0.2, 0.25) is 0 Å². The molecule has 0 fully saturated rings. The lowest BCUT2D eigenvalue weighted by atomic mass is 10.1. The van der Waals surface area contributed by atoms with Crippen molar-refractivity contribution in [3.05, 3.63) is 52.7 Å². The van der Waals surface area contributed by atoms with Gasteiger partial charge in [-0.2, -0.15) is 0 Å². The third-order valence-electron chi connectivity index (χ3n) is 3.05. The second-order valence-corrected chi connectivity index (χ2v) is 4.63. The van der Waals surface area contributed by atoms with Crippen molar-refractivity contribution in [1.29, 1.82) is 0 Å². The Balaban J connectivity index is 2.35. The number of rotatable bonds is 3. The van der Waals surface area contributed by atoms with E-state index in [0.29, 0.717) is 12.1 Å². The molecule has 0 aliphatic carbocycles. The highest BCUT2D eigenvalue weighted by molar-refractivity contribution is 6.04. The molecule has 0 radical (unpaired) electrons. The summed E-state index contributed by atoms with van der Waals surface area (Å²) >= 11 is 0. The molecule has 2 aromatic rings. The Labute approximate surface area is 121 Å². The molecular formula is C15H15F2N3O. The number of nitrogens with two attached hydrogens (primary N) is 1. The average Bonchev–Trinajstić information content (AvgIpc) is 2.46. The highest BCUT2D eigenvalue weighted by Crippen LogP contribution is 2.22. The molecule has 0 spiro atoms. The topological polar surface area (TPSA) is 68.0 Å². The van der Waals surface area contributed by atoms with Gasteiger partial charge < -0.3 is 11.1 Å². The van der Waals surface area contributed by atoms with Crippen LogP contribution in [-0.2, 0) is 6.42 Å². The monoisotopic (exact) mass is 291 g/mol. The van der Waals surface area contributed by atoms with Crippen LogP contribution >= 0.6 is 0 Å². The van der Waals surface area contributed by atoms with Crippen molar-refractivity contribution in [3.63, 3.8) is 0 Å². The van der Waals surface area contributed by atoms with Crippen LogP contribution < -0.4 is 11.1 Å². The number of aryl methyl sites for hydroxylation is 2. The summed E-state index contributed by atoms with van der Waals surface area (Å²) in [6.45, 7) is 3.35. The summed E-state index contributed by atoms with van der Waals surface area (Å²) < 4.78 is 27.5. The molecule has 0 aliphatic heterocycles. The number of benzene rings is 1. The first-order chi connectivity index (χ1) is 9.92. The van der Waals surface area contributed by atoms with Gasteiger partial charge in [0.1, 0.15) is 17.3 Å². The van der Waals surface area contributed by atoms with Crippen LogP contribution in [-0.4, -0.2) is 10.9 Å². The van der Waals surface area contributed by atoms with Gasteiger partial charge >= 0.3 is 0 Å². The Bertz CT molecular complexity index is 702. The highest BCUT2D eigenvalue weighted by atomic mass is 19.1. The number of nitrogen functional groups attached to an aromatic ring is 1. The number of carbonyl (C=O) groups excluding carboxylic acids is 1. The number of carbonyl (C=O) groups is 1. The van der Waals surface area contributed by atoms with Gasteiger partial charge in [0, 0.05) is 11.3 Å². The quantitative estimate of drug-likeness (QED) is 0.913. The Morgan fingerprint density at radius 2 is 2.05 bits per heavy atom. The maximum absolute atomic E-state index is 13.9. The zero-order chi connectivity index (χ0) is 15.6. The highest BCUT2D eigenvalue weighted by Gasteiger charge is 2.16. The minimum Gasteiger partial charge on any atom is -0.384 e. The van der Waals surface area contributed by atoms with E-state index in [0.717, 1.165) is 6.07 Å². The lowest BCUT2D eigenvalue weighted by molar-refractivity contribution is 0.102. The molecule has 0 unspecified atom stereocenters. The summed E-state index contributed by atoms with van der Waals surface area (Å²) in [4.78, 5) is 16.2. The van der Waals surface area contributed by atoms with E-state index in [9.17, 15) is 13.6 Å². The van der Waals surface area contributed by atoms with E-state index < -0.39 is 23.2 Å². The molecule has 0 aliphatic rings. The number of halogens is 2. The minimum atomic E-state index is -0.829. The van der Waals surface area contributed by atoms with Crippen molar-refractivity contribution in [2.45, 2.75) is 20.3 Å². The Kier molecular flexibility index (Phi) is 4.16. The van der Waals surface area contributed by atoms with Crippen LogP contribution in [0.5, 0.6) is 0 Å². The second kappa shape index (κ2) is 5.87. The van der Waals surface area contributed by atoms with E-state index in [1.807, 2.05) is 6.92 Å². The molecule has 0 saturated heterocycles. The molecule has 110 valence electrons. The van der Waals surface area contributed by atoms with Gasteiger partial charge in [0.05, 0.1) is 0 Å². The van der Waals surface area contributed by atoms with Crippen molar-refractivity contribution in [1.82, 2.24) is 4.98 Å². The lowest BCUT2D eigenvalue weighted by Crippen LogP contribution is -2.16. The fraction of sp³-hybridized carbons (Fsp3) is 0.200. The smallest absolute Gasteiger partial charge is 0.256 e. The van der Waals surface area contributed by atoms with Crippen LogP contribution in [0.1, 0.15) is 28.5 Å². The molecule has 1 aromatic carbocycles. The Morgan fingerprint density at radius 1 is 1.33 bits per heavy atom. The third kappa shape index (κ3) is 3.16. The summed E-state index contributed by atoms with van der Waals surface area (Å²) in [5.41, 5.74) is 6.23.